The summed E-state index contributed by atoms with van der Waals surface area (Å²) in [6.45, 7) is 9.88. The number of aliphatic hydroxyl groups is 3. The molecule has 4 aliphatic rings. The first kappa shape index (κ1) is 54.7. The maximum absolute atomic E-state index is 14.1. The number of aromatic nitrogens is 2. The smallest absolute Gasteiger partial charge is 0.407 e. The third-order valence-corrected chi connectivity index (χ3v) is 19.6. The van der Waals surface area contributed by atoms with Crippen molar-refractivity contribution in [1.29, 1.82) is 0 Å². The summed E-state index contributed by atoms with van der Waals surface area (Å²) in [6, 6.07) is 4.62. The fourth-order valence-corrected chi connectivity index (χ4v) is 10.6. The minimum Gasteiger partial charge on any atom is -0.508 e. The second-order valence-electron chi connectivity index (χ2n) is 19.7. The van der Waals surface area contributed by atoms with Gasteiger partial charge in [0.25, 0.3) is 0 Å². The van der Waals surface area contributed by atoms with Gasteiger partial charge in [0.15, 0.2) is 18.4 Å². The molecule has 7 rings (SSSR count). The highest BCUT2D eigenvalue weighted by atomic mass is 32.9. The zero-order valence-electron chi connectivity index (χ0n) is 42.1. The maximum Gasteiger partial charge on any atom is 0.407 e. The fourth-order valence-electron chi connectivity index (χ4n) is 9.35. The second kappa shape index (κ2) is 22.2. The molecule has 12 atom stereocenters. The average molecular weight is 1040 g/mol. The van der Waals surface area contributed by atoms with Crippen LogP contribution in [0.2, 0.25) is 0 Å². The summed E-state index contributed by atoms with van der Waals surface area (Å²) in [5.74, 6) is 9.73. The third kappa shape index (κ3) is 11.6. The van der Waals surface area contributed by atoms with E-state index >= 15 is 0 Å². The number of fused-ring (bicyclic) bond motifs is 3. The number of carbonyl (C=O) groups is 3. The molecule has 0 saturated carbocycles. The van der Waals surface area contributed by atoms with Crippen LogP contribution in [0.3, 0.4) is 0 Å². The predicted molar refractivity (Wildman–Crippen MR) is 274 cm³/mol. The number of carbonyl (C=O) groups excluding carboxylic acids is 3. The normalized spacial score (nSPS) is 29.9. The van der Waals surface area contributed by atoms with Crippen molar-refractivity contribution in [3.05, 3.63) is 70.6 Å². The van der Waals surface area contributed by atoms with Crippen LogP contribution in [0.15, 0.2) is 59.2 Å². The van der Waals surface area contributed by atoms with E-state index in [1.807, 2.05) is 40.2 Å². The number of aromatic amines is 1. The molecule has 20 heteroatoms. The van der Waals surface area contributed by atoms with Crippen LogP contribution in [0.5, 0.6) is 5.75 Å². The largest absolute Gasteiger partial charge is 0.508 e. The molecule has 2 aliphatic heterocycles. The Morgan fingerprint density at radius 1 is 1.06 bits per heavy atom. The van der Waals surface area contributed by atoms with Crippen LogP contribution in [0.1, 0.15) is 69.7 Å². The number of ether oxygens (including phenoxy) is 7. The lowest BCUT2D eigenvalue weighted by atomic mass is 9.83. The van der Waals surface area contributed by atoms with Gasteiger partial charge in [-0.15, -0.1) is 0 Å². The second-order valence-corrected chi connectivity index (χ2v) is 28.6. The number of methoxy groups -OCH3 is 3. The number of nitrogens with zero attached hydrogens (tertiary/aromatic N) is 1. The third-order valence-electron chi connectivity index (χ3n) is 13.9. The van der Waals surface area contributed by atoms with E-state index in [0.29, 0.717) is 27.6 Å². The number of alkyl carbamates (subject to hydrolysis) is 1. The minimum absolute atomic E-state index is 0.0258. The summed E-state index contributed by atoms with van der Waals surface area (Å²) < 4.78 is 42.6. The highest BCUT2D eigenvalue weighted by Crippen LogP contribution is 2.43. The molecule has 0 radical (unpaired) electrons. The molecule has 0 spiro atoms. The number of amides is 1. The lowest BCUT2D eigenvalue weighted by Gasteiger charge is -2.47. The predicted octanol–water partition coefficient (Wildman–Crippen LogP) is 3.54. The summed E-state index contributed by atoms with van der Waals surface area (Å²) in [5.41, 5.74) is 1.21. The SMILES string of the molecule is COC(=O)NC1C(=O)C[C@H](O)/C(=C/CS(C)(C)(=S)C(C)C)C2=C1C#C/C=C\C#C[C@@H]2OC1OC(C)C(C(O)c2nc(C(=O)OC)cc3c2[nH]c2ccc(O)cc23)C(O)C1OC1CC(OC)C(NC(C)C)CO1. The number of Topliss-reactive ketones (excluding diaryl/α,β-unsaturated/α-hetero) is 1. The number of pyridine rings is 1. The van der Waals surface area contributed by atoms with Gasteiger partial charge in [0, 0.05) is 65.1 Å². The van der Waals surface area contributed by atoms with Gasteiger partial charge in [-0.25, -0.2) is 14.6 Å². The zero-order chi connectivity index (χ0) is 52.4. The molecule has 2 aromatic heterocycles. The lowest BCUT2D eigenvalue weighted by Crippen LogP contribution is -2.60. The Hall–Kier alpha value is -5.07. The first-order valence-corrected chi connectivity index (χ1v) is 27.8. The Morgan fingerprint density at radius 3 is 2.47 bits per heavy atom. The molecule has 4 heterocycles. The van der Waals surface area contributed by atoms with Crippen LogP contribution in [0.4, 0.5) is 4.79 Å². The summed E-state index contributed by atoms with van der Waals surface area (Å²) in [7, 11) is 1.35. The lowest BCUT2D eigenvalue weighted by molar-refractivity contribution is -0.338. The molecule has 2 aliphatic carbocycles. The molecule has 1 amide bonds. The van der Waals surface area contributed by atoms with Crippen molar-refractivity contribution < 1.29 is 68.0 Å². The first-order chi connectivity index (χ1) is 34.0. The number of benzene rings is 1. The van der Waals surface area contributed by atoms with Crippen molar-refractivity contribution in [2.45, 2.75) is 126 Å². The van der Waals surface area contributed by atoms with Crippen molar-refractivity contribution in [3.8, 4) is 29.4 Å². The quantitative estimate of drug-likeness (QED) is 0.0901. The summed E-state index contributed by atoms with van der Waals surface area (Å²) in [4.78, 5) is 48.0. The molecule has 3 aromatic rings. The topological polar surface area (TPSA) is 249 Å². The van der Waals surface area contributed by atoms with Gasteiger partial charge in [0.05, 0.1) is 62.5 Å². The van der Waals surface area contributed by atoms with Crippen LogP contribution in [0.25, 0.3) is 21.8 Å². The number of esters is 1. The monoisotopic (exact) mass is 1030 g/mol. The summed E-state index contributed by atoms with van der Waals surface area (Å²) in [6.07, 6.45) is -3.95. The molecule has 18 nitrogen and oxygen atoms in total. The highest BCUT2D eigenvalue weighted by Gasteiger charge is 2.52. The van der Waals surface area contributed by atoms with Crippen LogP contribution in [0, 0.1) is 29.6 Å². The number of hydrogen-bond donors (Lipinski definition) is 7. The van der Waals surface area contributed by atoms with E-state index in [2.05, 4.69) is 44.3 Å². The first-order valence-electron chi connectivity index (χ1n) is 23.8. The Kier molecular flexibility index (Phi) is 16.9. The van der Waals surface area contributed by atoms with Crippen molar-refractivity contribution >= 4 is 58.6 Å². The summed E-state index contributed by atoms with van der Waals surface area (Å²) in [5, 5.41) is 55.1. The molecular weight excluding hydrogens is 969 g/mol. The number of nitrogens with one attached hydrogen (secondary N) is 3. The Labute approximate surface area is 423 Å². The Bertz CT molecular complexity index is 2860. The number of allylic oxidation sites excluding steroid dienone is 2. The molecule has 2 saturated heterocycles. The van der Waals surface area contributed by atoms with Gasteiger partial charge in [-0.1, -0.05) is 68.6 Å². The molecule has 0 bridgehead atoms. The number of aromatic hydroxyl groups is 1. The van der Waals surface area contributed by atoms with Gasteiger partial charge in [-0.3, -0.25) is 4.79 Å². The van der Waals surface area contributed by atoms with E-state index in [0.717, 1.165) is 7.11 Å². The molecule has 7 N–H and O–H groups in total. The van der Waals surface area contributed by atoms with Gasteiger partial charge in [0.2, 0.25) is 0 Å². The van der Waals surface area contributed by atoms with Gasteiger partial charge >= 0.3 is 12.1 Å². The number of aliphatic hydroxyl groups excluding tert-OH is 3. The average Bonchev–Trinajstić information content (AvgIpc) is 3.69. The summed E-state index contributed by atoms with van der Waals surface area (Å²) >= 11 is 6.29. The van der Waals surface area contributed by atoms with Crippen molar-refractivity contribution in [3.63, 3.8) is 0 Å². The van der Waals surface area contributed by atoms with E-state index < -0.39 is 99.3 Å². The van der Waals surface area contributed by atoms with E-state index in [1.54, 1.807) is 26.2 Å². The number of ketones is 1. The number of rotatable bonds is 14. The minimum atomic E-state index is -2.59. The van der Waals surface area contributed by atoms with Crippen molar-refractivity contribution in [1.82, 2.24) is 20.6 Å². The van der Waals surface area contributed by atoms with Crippen molar-refractivity contribution in [2.75, 3.05) is 46.2 Å². The molecular formula is C52H66N4O14S2. The number of hydrogen-bond acceptors (Lipinski definition) is 17. The fraction of sp³-hybridized carbons (Fsp3) is 0.538. The van der Waals surface area contributed by atoms with Crippen LogP contribution in [-0.2, 0) is 56.9 Å². The molecule has 2 fully saturated rings. The Morgan fingerprint density at radius 2 is 1.79 bits per heavy atom. The number of phenolic OH excluding ortho intramolecular Hbond substituents is 1. The van der Waals surface area contributed by atoms with Crippen LogP contribution in [-0.4, -0.2) is 167 Å². The highest BCUT2D eigenvalue weighted by molar-refractivity contribution is 8.51. The zero-order valence-corrected chi connectivity index (χ0v) is 43.7. The van der Waals surface area contributed by atoms with Gasteiger partial charge in [-0.05, 0) is 66.7 Å². The van der Waals surface area contributed by atoms with Crippen LogP contribution >= 0.6 is 0 Å². The maximum atomic E-state index is 14.1. The van der Waals surface area contributed by atoms with E-state index in [-0.39, 0.29) is 64.2 Å². The molecule has 1 aromatic carbocycles. The van der Waals surface area contributed by atoms with E-state index in [4.69, 9.17) is 44.3 Å². The Balaban J connectivity index is 1.37. The standard InChI is InChI=1S/C52H66N4O14S2/c1-26(2)53-36-25-67-41(24-40(36)64-6)70-49-48(61)42(47(60)46-45-33(22-35(55-46)50(62)65-7)32-21-29(57)17-18-34(32)54-45)28(5)68-51(49)69-39-16-14-12-11-13-15-31-43(39)30(19-20-72(9,10,71)27(3)4)37(58)23-38(59)44(31)56-52(63)66-8/h11-12,17-19,21-22,26-28,36-37,39-42,44,47-49,51,53-54,57-58,60-61H,20,23-25H2,1-10H3,(H,56,63)/b12-11-,30-19-/t28?,36?,37-,39-,40?,41?,42?,44?,47?,48?,49?,51?/m0/s1. The van der Waals surface area contributed by atoms with E-state index in [9.17, 15) is 34.8 Å². The number of phenols is 1. The van der Waals surface area contributed by atoms with Gasteiger partial charge < -0.3 is 69.2 Å². The molecule has 390 valence electrons. The molecule has 10 unspecified atom stereocenters. The molecule has 72 heavy (non-hydrogen) atoms. The van der Waals surface area contributed by atoms with Gasteiger partial charge in [-0.2, -0.15) is 7.72 Å². The van der Waals surface area contributed by atoms with Crippen molar-refractivity contribution in [2.24, 2.45) is 5.92 Å². The van der Waals surface area contributed by atoms with Crippen LogP contribution < -0.4 is 10.6 Å². The number of H-pyrrole nitrogens is 1. The van der Waals surface area contributed by atoms with E-state index in [1.165, 1.54) is 37.5 Å². The van der Waals surface area contributed by atoms with Gasteiger partial charge in [0.1, 0.15) is 35.8 Å².